The Morgan fingerprint density at radius 2 is 1.67 bits per heavy atom. The van der Waals surface area contributed by atoms with Crippen LogP contribution in [-0.4, -0.2) is 7.05 Å². The van der Waals surface area contributed by atoms with Crippen LogP contribution in [0.3, 0.4) is 0 Å². The molecule has 3 rings (SSSR count). The van der Waals surface area contributed by atoms with Gasteiger partial charge in [0.1, 0.15) is 0 Å². The second-order valence-electron chi connectivity index (χ2n) is 8.59. The van der Waals surface area contributed by atoms with Crippen LogP contribution in [0, 0.1) is 5.92 Å². The highest BCUT2D eigenvalue weighted by Crippen LogP contribution is 2.47. The number of benzene rings is 1. The second kappa shape index (κ2) is 5.12. The molecule has 0 spiro atoms. The van der Waals surface area contributed by atoms with Crippen LogP contribution in [0.15, 0.2) is 18.2 Å². The Bertz CT molecular complexity index is 523. The molecule has 0 radical (unpaired) electrons. The summed E-state index contributed by atoms with van der Waals surface area (Å²) in [7, 11) is 2.11. The zero-order valence-corrected chi connectivity index (χ0v) is 14.4. The van der Waals surface area contributed by atoms with Gasteiger partial charge in [-0.2, -0.15) is 0 Å². The van der Waals surface area contributed by atoms with E-state index in [4.69, 9.17) is 0 Å². The number of rotatable bonds is 4. The van der Waals surface area contributed by atoms with Crippen molar-refractivity contribution in [1.29, 1.82) is 0 Å². The van der Waals surface area contributed by atoms with Gasteiger partial charge in [0.25, 0.3) is 0 Å². The summed E-state index contributed by atoms with van der Waals surface area (Å²) in [5, 5.41) is 3.54. The average molecular weight is 285 g/mol. The summed E-state index contributed by atoms with van der Waals surface area (Å²) >= 11 is 0. The molecule has 1 nitrogen and oxygen atoms in total. The Morgan fingerprint density at radius 3 is 2.24 bits per heavy atom. The van der Waals surface area contributed by atoms with Gasteiger partial charge in [-0.15, -0.1) is 0 Å². The van der Waals surface area contributed by atoms with E-state index < -0.39 is 0 Å². The van der Waals surface area contributed by atoms with Crippen molar-refractivity contribution >= 4 is 0 Å². The van der Waals surface area contributed by atoms with Crippen molar-refractivity contribution in [2.75, 3.05) is 7.05 Å². The minimum absolute atomic E-state index is 0.318. The van der Waals surface area contributed by atoms with Crippen molar-refractivity contribution in [2.24, 2.45) is 5.92 Å². The van der Waals surface area contributed by atoms with Crippen LogP contribution in [0.2, 0.25) is 0 Å². The fourth-order valence-corrected chi connectivity index (χ4v) is 3.93. The summed E-state index contributed by atoms with van der Waals surface area (Å²) in [5.74, 6) is 0.961. The lowest BCUT2D eigenvalue weighted by molar-refractivity contribution is 0.331. The lowest BCUT2D eigenvalue weighted by Crippen LogP contribution is -2.34. The average Bonchev–Trinajstić information content (AvgIpc) is 3.25. The van der Waals surface area contributed by atoms with Gasteiger partial charge in [-0.3, -0.25) is 0 Å². The number of hydrogen-bond donors (Lipinski definition) is 1. The zero-order valence-electron chi connectivity index (χ0n) is 14.4. The largest absolute Gasteiger partial charge is 0.313 e. The lowest BCUT2D eigenvalue weighted by atomic mass is 9.63. The van der Waals surface area contributed by atoms with E-state index in [0.29, 0.717) is 16.9 Å². The van der Waals surface area contributed by atoms with Gasteiger partial charge < -0.3 is 5.32 Å². The molecule has 0 saturated heterocycles. The normalized spacial score (nSPS) is 24.4. The SMILES string of the molecule is CNC(CC1CC1)c1ccc2c(c1)C(C)(C)CCC2(C)C. The van der Waals surface area contributed by atoms with Gasteiger partial charge in [-0.25, -0.2) is 0 Å². The molecule has 1 atom stereocenters. The molecule has 0 heterocycles. The van der Waals surface area contributed by atoms with Crippen molar-refractivity contribution in [3.8, 4) is 0 Å². The molecule has 1 saturated carbocycles. The number of fused-ring (bicyclic) bond motifs is 1. The maximum absolute atomic E-state index is 3.54. The molecule has 1 fully saturated rings. The molecule has 116 valence electrons. The van der Waals surface area contributed by atoms with E-state index in [1.807, 2.05) is 0 Å². The first-order valence-electron chi connectivity index (χ1n) is 8.66. The molecule has 0 aromatic heterocycles. The van der Waals surface area contributed by atoms with Gasteiger partial charge in [-0.05, 0) is 59.7 Å². The highest BCUT2D eigenvalue weighted by Gasteiger charge is 2.37. The molecule has 1 unspecified atom stereocenters. The molecule has 1 aromatic rings. The molecule has 2 aliphatic rings. The molecule has 1 aromatic carbocycles. The second-order valence-corrected chi connectivity index (χ2v) is 8.59. The van der Waals surface area contributed by atoms with E-state index in [1.54, 1.807) is 11.1 Å². The maximum Gasteiger partial charge on any atom is 0.0320 e. The first-order chi connectivity index (χ1) is 9.83. The fourth-order valence-electron chi connectivity index (χ4n) is 3.93. The van der Waals surface area contributed by atoms with E-state index in [9.17, 15) is 0 Å². The smallest absolute Gasteiger partial charge is 0.0320 e. The number of hydrogen-bond acceptors (Lipinski definition) is 1. The zero-order chi connectivity index (χ0) is 15.3. The summed E-state index contributed by atoms with van der Waals surface area (Å²) in [6, 6.07) is 7.84. The molecular formula is C20H31N. The van der Waals surface area contributed by atoms with Gasteiger partial charge in [0.15, 0.2) is 0 Å². The van der Waals surface area contributed by atoms with Gasteiger partial charge in [0.05, 0.1) is 0 Å². The van der Waals surface area contributed by atoms with Crippen LogP contribution in [0.1, 0.15) is 82.5 Å². The van der Waals surface area contributed by atoms with Crippen LogP contribution in [0.25, 0.3) is 0 Å². The van der Waals surface area contributed by atoms with E-state index in [2.05, 4.69) is 58.3 Å². The van der Waals surface area contributed by atoms with Crippen LogP contribution in [0.5, 0.6) is 0 Å². The van der Waals surface area contributed by atoms with Crippen LogP contribution in [-0.2, 0) is 10.8 Å². The third-order valence-electron chi connectivity index (χ3n) is 5.89. The standard InChI is InChI=1S/C20H31N/c1-19(2)10-11-20(3,4)17-13-15(8-9-16(17)19)18(21-5)12-14-6-7-14/h8-9,13-14,18,21H,6-7,10-12H2,1-5H3. The van der Waals surface area contributed by atoms with Crippen molar-refractivity contribution in [3.05, 3.63) is 34.9 Å². The summed E-state index contributed by atoms with van der Waals surface area (Å²) in [6.07, 6.45) is 6.76. The van der Waals surface area contributed by atoms with Crippen LogP contribution < -0.4 is 5.32 Å². The minimum Gasteiger partial charge on any atom is -0.313 e. The summed E-state index contributed by atoms with van der Waals surface area (Å²) in [6.45, 7) is 9.64. The van der Waals surface area contributed by atoms with Gasteiger partial charge in [0, 0.05) is 6.04 Å². The lowest BCUT2D eigenvalue weighted by Gasteiger charge is -2.42. The van der Waals surface area contributed by atoms with Gasteiger partial charge >= 0.3 is 0 Å². The molecule has 1 heteroatoms. The predicted molar refractivity (Wildman–Crippen MR) is 90.9 cm³/mol. The molecule has 0 amide bonds. The first kappa shape index (κ1) is 15.1. The van der Waals surface area contributed by atoms with Crippen molar-refractivity contribution in [2.45, 2.75) is 76.7 Å². The van der Waals surface area contributed by atoms with Crippen LogP contribution >= 0.6 is 0 Å². The summed E-state index contributed by atoms with van der Waals surface area (Å²) in [4.78, 5) is 0. The topological polar surface area (TPSA) is 12.0 Å². The molecule has 2 aliphatic carbocycles. The van der Waals surface area contributed by atoms with E-state index in [1.165, 1.54) is 37.7 Å². The number of nitrogens with one attached hydrogen (secondary N) is 1. The molecule has 0 bridgehead atoms. The Kier molecular flexibility index (Phi) is 3.68. The third-order valence-corrected chi connectivity index (χ3v) is 5.89. The molecule has 1 N–H and O–H groups in total. The molecular weight excluding hydrogens is 254 g/mol. The van der Waals surface area contributed by atoms with Crippen molar-refractivity contribution in [3.63, 3.8) is 0 Å². The molecule has 21 heavy (non-hydrogen) atoms. The predicted octanol–water partition coefficient (Wildman–Crippen LogP) is 5.10. The Labute approximate surface area is 130 Å². The van der Waals surface area contributed by atoms with Crippen molar-refractivity contribution in [1.82, 2.24) is 5.32 Å². The highest BCUT2D eigenvalue weighted by molar-refractivity contribution is 5.44. The minimum atomic E-state index is 0.318. The summed E-state index contributed by atoms with van der Waals surface area (Å²) < 4.78 is 0. The van der Waals surface area contributed by atoms with E-state index >= 15 is 0 Å². The monoisotopic (exact) mass is 285 g/mol. The van der Waals surface area contributed by atoms with Crippen LogP contribution in [0.4, 0.5) is 0 Å². The first-order valence-corrected chi connectivity index (χ1v) is 8.66. The quantitative estimate of drug-likeness (QED) is 0.812. The third kappa shape index (κ3) is 2.90. The Balaban J connectivity index is 1.98. The Morgan fingerprint density at radius 1 is 1.05 bits per heavy atom. The Hall–Kier alpha value is -0.820. The fraction of sp³-hybridized carbons (Fsp3) is 0.700. The van der Waals surface area contributed by atoms with Crippen molar-refractivity contribution < 1.29 is 0 Å². The van der Waals surface area contributed by atoms with E-state index in [-0.39, 0.29) is 0 Å². The summed E-state index contributed by atoms with van der Waals surface area (Å²) in [5.41, 5.74) is 5.30. The van der Waals surface area contributed by atoms with Gasteiger partial charge in [-0.1, -0.05) is 58.7 Å². The maximum atomic E-state index is 3.54. The van der Waals surface area contributed by atoms with Gasteiger partial charge in [0.2, 0.25) is 0 Å². The van der Waals surface area contributed by atoms with E-state index in [0.717, 1.165) is 5.92 Å². The molecule has 0 aliphatic heterocycles. The highest BCUT2D eigenvalue weighted by atomic mass is 14.9.